The summed E-state index contributed by atoms with van der Waals surface area (Å²) < 4.78 is 26.3. The number of hydrogen-bond donors (Lipinski definition) is 0. The lowest BCUT2D eigenvalue weighted by molar-refractivity contribution is -0.272. The molecule has 8 rings (SSSR count). The smallest absolute Gasteiger partial charge is 0.220 e. The highest BCUT2D eigenvalue weighted by atomic mass is 16.7. The number of aromatic nitrogens is 3. The second kappa shape index (κ2) is 11.5. The van der Waals surface area contributed by atoms with Crippen LogP contribution in [0, 0.1) is 46.3 Å². The van der Waals surface area contributed by atoms with Crippen molar-refractivity contribution in [3.63, 3.8) is 0 Å². The van der Waals surface area contributed by atoms with Gasteiger partial charge in [-0.25, -0.2) is 4.68 Å². The molecule has 2 aromatic rings. The summed E-state index contributed by atoms with van der Waals surface area (Å²) in [7, 11) is 1.59. The van der Waals surface area contributed by atoms with Crippen LogP contribution in [0.4, 0.5) is 0 Å². The first-order valence-electron chi connectivity index (χ1n) is 17.7. The molecule has 0 radical (unpaired) electrons. The fourth-order valence-electron chi connectivity index (χ4n) is 10.5. The molecule has 0 unspecified atom stereocenters. The number of carbonyl (C=O) groups is 2. The Morgan fingerprint density at radius 2 is 1.92 bits per heavy atom. The van der Waals surface area contributed by atoms with E-state index >= 15 is 0 Å². The summed E-state index contributed by atoms with van der Waals surface area (Å²) in [6, 6.07) is 6.99. The van der Waals surface area contributed by atoms with Gasteiger partial charge in [0.2, 0.25) is 5.78 Å². The predicted molar refractivity (Wildman–Crippen MR) is 178 cm³/mol. The number of methoxy groups -OCH3 is 1. The number of ether oxygens (including phenoxy) is 4. The van der Waals surface area contributed by atoms with Crippen molar-refractivity contribution in [2.45, 2.75) is 84.8 Å². The number of benzene rings is 1. The molecule has 4 fully saturated rings. The number of allylic oxidation sites excluding steroid dienone is 5. The maximum absolute atomic E-state index is 13.3. The van der Waals surface area contributed by atoms with Gasteiger partial charge in [0.1, 0.15) is 24.6 Å². The topological polar surface area (TPSA) is 102 Å². The molecule has 1 aromatic carbocycles. The number of nitrogens with zero attached hydrogens (tertiary/aromatic N) is 3. The second-order valence-corrected chi connectivity index (χ2v) is 15.8. The van der Waals surface area contributed by atoms with Crippen LogP contribution in [-0.4, -0.2) is 52.2 Å². The van der Waals surface area contributed by atoms with Gasteiger partial charge in [-0.05, 0) is 103 Å². The molecule has 0 amide bonds. The quantitative estimate of drug-likeness (QED) is 0.312. The minimum Gasteiger partial charge on any atom is -0.497 e. The molecule has 0 bridgehead atoms. The normalized spacial score (nSPS) is 39.6. The van der Waals surface area contributed by atoms with Crippen LogP contribution in [0.2, 0.25) is 0 Å². The van der Waals surface area contributed by atoms with E-state index in [4.69, 9.17) is 18.9 Å². The highest BCUT2D eigenvalue weighted by Gasteiger charge is 2.68. The van der Waals surface area contributed by atoms with E-state index < -0.39 is 5.79 Å². The maximum Gasteiger partial charge on any atom is 0.220 e. The minimum atomic E-state index is -0.410. The average Bonchev–Trinajstić information content (AvgIpc) is 3.73. The third-order valence-corrected chi connectivity index (χ3v) is 13.1. The summed E-state index contributed by atoms with van der Waals surface area (Å²) in [5.41, 5.74) is 2.08. The molecule has 2 saturated carbocycles. The number of carbonyl (C=O) groups excluding carboxylic acids is 2. The number of rotatable bonds is 7. The van der Waals surface area contributed by atoms with E-state index in [1.807, 2.05) is 0 Å². The highest BCUT2D eigenvalue weighted by molar-refractivity contribution is 6.04. The first-order valence-corrected chi connectivity index (χ1v) is 17.7. The number of Topliss-reactive ketones (excluding diaryl/α,β-unsaturated/α-hetero) is 1. The van der Waals surface area contributed by atoms with Gasteiger partial charge >= 0.3 is 0 Å². The summed E-state index contributed by atoms with van der Waals surface area (Å²) in [6.07, 6.45) is 15.9. The van der Waals surface area contributed by atoms with E-state index in [0.717, 1.165) is 37.9 Å². The van der Waals surface area contributed by atoms with E-state index in [2.05, 4.69) is 56.2 Å². The number of ketones is 2. The Morgan fingerprint density at radius 1 is 1.10 bits per heavy atom. The zero-order chi connectivity index (χ0) is 33.4. The Labute approximate surface area is 282 Å². The van der Waals surface area contributed by atoms with Crippen molar-refractivity contribution in [3.8, 4) is 5.75 Å². The van der Waals surface area contributed by atoms with Crippen LogP contribution < -0.4 is 4.74 Å². The second-order valence-electron chi connectivity index (χ2n) is 15.8. The molecule has 2 saturated heterocycles. The van der Waals surface area contributed by atoms with Crippen molar-refractivity contribution in [2.75, 3.05) is 13.7 Å². The summed E-state index contributed by atoms with van der Waals surface area (Å²) in [4.78, 5) is 26.0. The third kappa shape index (κ3) is 4.94. The minimum absolute atomic E-state index is 0.0549. The zero-order valence-corrected chi connectivity index (χ0v) is 28.7. The van der Waals surface area contributed by atoms with Gasteiger partial charge in [0.25, 0.3) is 0 Å². The Balaban J connectivity index is 0.957. The molecule has 0 N–H and O–H groups in total. The van der Waals surface area contributed by atoms with Crippen LogP contribution in [0.15, 0.2) is 66.1 Å². The van der Waals surface area contributed by atoms with Gasteiger partial charge in [0.05, 0.1) is 26.0 Å². The standard InChI is InChI=1S/C39H47N3O6/c1-23-12-15-39(47-21-23)24(2)36-34(48-39)17-31-29-11-8-26-16-32(43)35(18-38(26,4)30(29)13-14-37(31,36)3)46-22-27-19-42(41-40-27)20-33(44)25-6-9-28(45-5)10-7-25/h6-11,16,18-19,23-24,29-31,34,36H,12-15,17,20-22H2,1-5H3/t23-,24+,29-,30+,31+,34+,36+,37+,38+,39-/m1/s1. The summed E-state index contributed by atoms with van der Waals surface area (Å²) in [5, 5.41) is 8.33. The van der Waals surface area contributed by atoms with Crippen molar-refractivity contribution in [2.24, 2.45) is 46.3 Å². The molecule has 1 aromatic heterocycles. The van der Waals surface area contributed by atoms with Gasteiger partial charge in [-0.2, -0.15) is 0 Å². The zero-order valence-electron chi connectivity index (χ0n) is 28.7. The lowest BCUT2D eigenvalue weighted by atomic mass is 9.49. The van der Waals surface area contributed by atoms with Gasteiger partial charge in [-0.1, -0.05) is 45.1 Å². The fraction of sp³-hybridized carbons (Fsp3) is 0.590. The first kappa shape index (κ1) is 31.7. The summed E-state index contributed by atoms with van der Waals surface area (Å²) in [6.45, 7) is 10.4. The maximum atomic E-state index is 13.3. The van der Waals surface area contributed by atoms with Crippen molar-refractivity contribution < 1.29 is 28.5 Å². The Hall–Kier alpha value is -3.56. The Kier molecular flexibility index (Phi) is 7.60. The number of hydrogen-bond acceptors (Lipinski definition) is 8. The predicted octanol–water partition coefficient (Wildman–Crippen LogP) is 6.50. The molecule has 2 aliphatic heterocycles. The third-order valence-electron chi connectivity index (χ3n) is 13.1. The molecule has 9 nitrogen and oxygen atoms in total. The summed E-state index contributed by atoms with van der Waals surface area (Å²) >= 11 is 0. The van der Waals surface area contributed by atoms with E-state index in [1.54, 1.807) is 43.6 Å². The molecule has 254 valence electrons. The molecule has 4 aliphatic carbocycles. The van der Waals surface area contributed by atoms with Gasteiger partial charge in [-0.15, -0.1) is 5.10 Å². The van der Waals surface area contributed by atoms with Crippen molar-refractivity contribution >= 4 is 11.6 Å². The highest BCUT2D eigenvalue weighted by Crippen LogP contribution is 2.69. The molecular weight excluding hydrogens is 606 g/mol. The van der Waals surface area contributed by atoms with E-state index in [9.17, 15) is 9.59 Å². The van der Waals surface area contributed by atoms with Crippen LogP contribution in [0.1, 0.15) is 75.9 Å². The van der Waals surface area contributed by atoms with Crippen LogP contribution in [0.25, 0.3) is 0 Å². The Bertz CT molecular complexity index is 1700. The van der Waals surface area contributed by atoms with Crippen LogP contribution >= 0.6 is 0 Å². The van der Waals surface area contributed by atoms with Crippen LogP contribution in [0.5, 0.6) is 5.75 Å². The van der Waals surface area contributed by atoms with Crippen molar-refractivity contribution in [3.05, 3.63) is 77.4 Å². The molecule has 48 heavy (non-hydrogen) atoms. The molecule has 1 spiro atoms. The number of fused-ring (bicyclic) bond motifs is 7. The summed E-state index contributed by atoms with van der Waals surface area (Å²) in [5.74, 6) is 3.21. The molecule has 6 aliphatic rings. The van der Waals surface area contributed by atoms with E-state index in [-0.39, 0.29) is 41.7 Å². The molecule has 10 atom stereocenters. The fourth-order valence-corrected chi connectivity index (χ4v) is 10.5. The molecule has 3 heterocycles. The first-order chi connectivity index (χ1) is 23.0. The van der Waals surface area contributed by atoms with Crippen LogP contribution in [-0.2, 0) is 32.2 Å². The van der Waals surface area contributed by atoms with E-state index in [1.165, 1.54) is 11.1 Å². The van der Waals surface area contributed by atoms with Crippen molar-refractivity contribution in [1.29, 1.82) is 0 Å². The van der Waals surface area contributed by atoms with Gasteiger partial charge in [-0.3, -0.25) is 9.59 Å². The molecule has 9 heteroatoms. The SMILES string of the molecule is COc1ccc(C(=O)Cn2cc(COC3=C[C@@]4(C)C(=CC3=O)C=C[C@H]3[C@@H]5C[C@@H]6O[C@]7(CC[C@@H](C)CO7)[C@@H](C)[C@@H]6[C@@]5(C)CC[C@@H]34)nn2)cc1. The van der Waals surface area contributed by atoms with Gasteiger partial charge in [0, 0.05) is 23.3 Å². The molecular formula is C39H47N3O6. The largest absolute Gasteiger partial charge is 0.497 e. The lowest BCUT2D eigenvalue weighted by Gasteiger charge is -2.55. The Morgan fingerprint density at radius 3 is 2.67 bits per heavy atom. The van der Waals surface area contributed by atoms with Crippen molar-refractivity contribution in [1.82, 2.24) is 15.0 Å². The average molecular weight is 654 g/mol. The van der Waals surface area contributed by atoms with Crippen LogP contribution in [0.3, 0.4) is 0 Å². The van der Waals surface area contributed by atoms with Gasteiger partial charge < -0.3 is 18.9 Å². The van der Waals surface area contributed by atoms with E-state index in [0.29, 0.717) is 58.3 Å². The van der Waals surface area contributed by atoms with Gasteiger partial charge in [0.15, 0.2) is 17.3 Å². The lowest BCUT2D eigenvalue weighted by Crippen LogP contribution is -2.51. The monoisotopic (exact) mass is 653 g/mol.